The Bertz CT molecular complexity index is 477. The molecular formula is C14H15FN2. The van der Waals surface area contributed by atoms with E-state index in [1.54, 1.807) is 12.4 Å². The van der Waals surface area contributed by atoms with E-state index in [9.17, 15) is 4.39 Å². The average molecular weight is 230 g/mol. The van der Waals surface area contributed by atoms with Gasteiger partial charge in [-0.15, -0.1) is 0 Å². The summed E-state index contributed by atoms with van der Waals surface area (Å²) in [5.41, 5.74) is 2.84. The monoisotopic (exact) mass is 230 g/mol. The molecule has 0 fully saturated rings. The number of aryl methyl sites for hydroxylation is 1. The van der Waals surface area contributed by atoms with E-state index in [2.05, 4.69) is 10.3 Å². The summed E-state index contributed by atoms with van der Waals surface area (Å²) in [5.74, 6) is -0.213. The van der Waals surface area contributed by atoms with Gasteiger partial charge in [0.25, 0.3) is 0 Å². The molecule has 2 aromatic rings. The zero-order valence-corrected chi connectivity index (χ0v) is 9.94. The summed E-state index contributed by atoms with van der Waals surface area (Å²) in [6.07, 6.45) is 3.51. The first-order valence-electron chi connectivity index (χ1n) is 5.59. The summed E-state index contributed by atoms with van der Waals surface area (Å²) in [5, 5.41) is 3.27. The van der Waals surface area contributed by atoms with Crippen molar-refractivity contribution in [1.82, 2.24) is 4.98 Å². The van der Waals surface area contributed by atoms with Gasteiger partial charge in [0, 0.05) is 24.1 Å². The topological polar surface area (TPSA) is 24.9 Å². The number of hydrogen-bond donors (Lipinski definition) is 1. The van der Waals surface area contributed by atoms with Gasteiger partial charge in [0.1, 0.15) is 5.82 Å². The number of nitrogens with zero attached hydrogens (tertiary/aromatic N) is 1. The zero-order valence-electron chi connectivity index (χ0n) is 9.94. The summed E-state index contributed by atoms with van der Waals surface area (Å²) in [7, 11) is 0. The molecule has 0 spiro atoms. The van der Waals surface area contributed by atoms with Gasteiger partial charge in [-0.2, -0.15) is 0 Å². The minimum atomic E-state index is -0.213. The van der Waals surface area contributed by atoms with Crippen molar-refractivity contribution >= 4 is 5.69 Å². The molecule has 0 amide bonds. The molecule has 2 nitrogen and oxygen atoms in total. The average Bonchev–Trinajstić information content (AvgIpc) is 2.28. The molecule has 0 bridgehead atoms. The van der Waals surface area contributed by atoms with Gasteiger partial charge in [0.05, 0.1) is 0 Å². The summed E-state index contributed by atoms with van der Waals surface area (Å²) >= 11 is 0. The highest BCUT2D eigenvalue weighted by Gasteiger charge is 2.05. The molecule has 0 aliphatic carbocycles. The van der Waals surface area contributed by atoms with Gasteiger partial charge in [-0.1, -0.05) is 0 Å². The summed E-state index contributed by atoms with van der Waals surface area (Å²) in [6, 6.07) is 8.97. The summed E-state index contributed by atoms with van der Waals surface area (Å²) in [6.45, 7) is 3.92. The molecule has 1 N–H and O–H groups in total. The van der Waals surface area contributed by atoms with Crippen LogP contribution in [0.15, 0.2) is 42.7 Å². The molecule has 0 aliphatic rings. The molecule has 1 aromatic heterocycles. The molecule has 1 aromatic carbocycles. The van der Waals surface area contributed by atoms with Crippen LogP contribution in [0, 0.1) is 12.7 Å². The van der Waals surface area contributed by atoms with Gasteiger partial charge >= 0.3 is 0 Å². The fourth-order valence-corrected chi connectivity index (χ4v) is 1.81. The third-order valence-electron chi connectivity index (χ3n) is 2.63. The maximum atomic E-state index is 13.2. The van der Waals surface area contributed by atoms with Crippen molar-refractivity contribution in [1.29, 1.82) is 0 Å². The maximum Gasteiger partial charge on any atom is 0.125 e. The molecule has 88 valence electrons. The maximum absolute atomic E-state index is 13.2. The highest BCUT2D eigenvalue weighted by Crippen LogP contribution is 2.20. The number of rotatable bonds is 3. The molecule has 17 heavy (non-hydrogen) atoms. The minimum Gasteiger partial charge on any atom is -0.378 e. The normalized spacial score (nSPS) is 12.2. The van der Waals surface area contributed by atoms with Gasteiger partial charge in [-0.3, -0.25) is 4.98 Å². The van der Waals surface area contributed by atoms with Crippen molar-refractivity contribution in [3.05, 3.63) is 59.7 Å². The fraction of sp³-hybridized carbons (Fsp3) is 0.214. The van der Waals surface area contributed by atoms with E-state index in [0.29, 0.717) is 0 Å². The van der Waals surface area contributed by atoms with Crippen LogP contribution < -0.4 is 5.32 Å². The van der Waals surface area contributed by atoms with Gasteiger partial charge in [0.15, 0.2) is 0 Å². The van der Waals surface area contributed by atoms with E-state index >= 15 is 0 Å². The first-order chi connectivity index (χ1) is 8.15. The Morgan fingerprint density at radius 3 is 2.53 bits per heavy atom. The highest BCUT2D eigenvalue weighted by atomic mass is 19.1. The van der Waals surface area contributed by atoms with Crippen LogP contribution in [0.3, 0.4) is 0 Å². The predicted molar refractivity (Wildman–Crippen MR) is 67.4 cm³/mol. The molecule has 0 aliphatic heterocycles. The van der Waals surface area contributed by atoms with E-state index in [4.69, 9.17) is 0 Å². The summed E-state index contributed by atoms with van der Waals surface area (Å²) < 4.78 is 13.2. The molecule has 3 heteroatoms. The van der Waals surface area contributed by atoms with Crippen LogP contribution in [0.2, 0.25) is 0 Å². The Kier molecular flexibility index (Phi) is 3.38. The van der Waals surface area contributed by atoms with E-state index in [1.165, 1.54) is 12.1 Å². The Labute approximate surface area is 101 Å². The number of nitrogens with one attached hydrogen (secondary N) is 1. The van der Waals surface area contributed by atoms with E-state index < -0.39 is 0 Å². The minimum absolute atomic E-state index is 0.124. The molecule has 1 unspecified atom stereocenters. The molecule has 1 atom stereocenters. The predicted octanol–water partition coefficient (Wildman–Crippen LogP) is 3.70. The van der Waals surface area contributed by atoms with Crippen molar-refractivity contribution in [2.75, 3.05) is 5.32 Å². The van der Waals surface area contributed by atoms with E-state index in [1.807, 2.05) is 32.0 Å². The lowest BCUT2D eigenvalue weighted by atomic mass is 10.1. The van der Waals surface area contributed by atoms with Crippen molar-refractivity contribution in [2.24, 2.45) is 0 Å². The standard InChI is InChI=1S/C14H15FN2/c1-10-7-13(15)9-14(8-10)17-11(2)12-3-5-16-6-4-12/h3-9,11,17H,1-2H3. The van der Waals surface area contributed by atoms with Crippen LogP contribution in [0.25, 0.3) is 0 Å². The van der Waals surface area contributed by atoms with Crippen LogP contribution in [-0.2, 0) is 0 Å². The third-order valence-corrected chi connectivity index (χ3v) is 2.63. The lowest BCUT2D eigenvalue weighted by Crippen LogP contribution is -2.06. The van der Waals surface area contributed by atoms with E-state index in [-0.39, 0.29) is 11.9 Å². The van der Waals surface area contributed by atoms with Crippen LogP contribution in [-0.4, -0.2) is 4.98 Å². The largest absolute Gasteiger partial charge is 0.378 e. The Morgan fingerprint density at radius 2 is 1.88 bits per heavy atom. The van der Waals surface area contributed by atoms with Gasteiger partial charge in [0.2, 0.25) is 0 Å². The fourth-order valence-electron chi connectivity index (χ4n) is 1.81. The molecule has 0 saturated heterocycles. The van der Waals surface area contributed by atoms with Crippen molar-refractivity contribution < 1.29 is 4.39 Å². The van der Waals surface area contributed by atoms with Crippen LogP contribution in [0.1, 0.15) is 24.1 Å². The second-order valence-electron chi connectivity index (χ2n) is 4.16. The first kappa shape index (κ1) is 11.6. The lowest BCUT2D eigenvalue weighted by Gasteiger charge is -2.16. The smallest absolute Gasteiger partial charge is 0.125 e. The van der Waals surface area contributed by atoms with Crippen molar-refractivity contribution in [3.8, 4) is 0 Å². The van der Waals surface area contributed by atoms with Crippen LogP contribution >= 0.6 is 0 Å². The first-order valence-corrected chi connectivity index (χ1v) is 5.59. The number of hydrogen-bond acceptors (Lipinski definition) is 2. The third kappa shape index (κ3) is 3.03. The Balaban J connectivity index is 2.16. The second-order valence-corrected chi connectivity index (χ2v) is 4.16. The van der Waals surface area contributed by atoms with Crippen LogP contribution in [0.5, 0.6) is 0 Å². The number of anilines is 1. The summed E-state index contributed by atoms with van der Waals surface area (Å²) in [4.78, 5) is 3.98. The highest BCUT2D eigenvalue weighted by molar-refractivity contribution is 5.47. The molecular weight excluding hydrogens is 215 g/mol. The van der Waals surface area contributed by atoms with Crippen molar-refractivity contribution in [2.45, 2.75) is 19.9 Å². The SMILES string of the molecule is Cc1cc(F)cc(NC(C)c2ccncc2)c1. The number of aromatic nitrogens is 1. The number of pyridine rings is 1. The molecule has 2 rings (SSSR count). The molecule has 0 saturated carbocycles. The van der Waals surface area contributed by atoms with Crippen molar-refractivity contribution in [3.63, 3.8) is 0 Å². The van der Waals surface area contributed by atoms with E-state index in [0.717, 1.165) is 16.8 Å². The molecule has 0 radical (unpaired) electrons. The van der Waals surface area contributed by atoms with Gasteiger partial charge < -0.3 is 5.32 Å². The Morgan fingerprint density at radius 1 is 1.18 bits per heavy atom. The van der Waals surface area contributed by atoms with Gasteiger partial charge in [-0.25, -0.2) is 4.39 Å². The van der Waals surface area contributed by atoms with Gasteiger partial charge in [-0.05, 0) is 55.3 Å². The lowest BCUT2D eigenvalue weighted by molar-refractivity contribution is 0.626. The number of halogens is 1. The Hall–Kier alpha value is -1.90. The second kappa shape index (κ2) is 4.95. The van der Waals surface area contributed by atoms with Crippen LogP contribution in [0.4, 0.5) is 10.1 Å². The zero-order chi connectivity index (χ0) is 12.3. The number of benzene rings is 1. The molecule has 1 heterocycles. The quantitative estimate of drug-likeness (QED) is 0.869.